The molecule has 0 aromatic heterocycles. The molecule has 2 rings (SSSR count). The van der Waals surface area contributed by atoms with Crippen molar-refractivity contribution in [1.82, 2.24) is 0 Å². The molecule has 0 heterocycles. The third-order valence-electron chi connectivity index (χ3n) is 4.45. The molecule has 3 heteroatoms. The maximum Gasteiger partial charge on any atom is 0.0858 e. The first kappa shape index (κ1) is 14.5. The van der Waals surface area contributed by atoms with Crippen LogP contribution >= 0.6 is 0 Å². The van der Waals surface area contributed by atoms with E-state index in [4.69, 9.17) is 10.5 Å². The van der Waals surface area contributed by atoms with E-state index in [1.165, 1.54) is 0 Å². The summed E-state index contributed by atoms with van der Waals surface area (Å²) in [6.45, 7) is 3.37. The molecule has 1 saturated carbocycles. The molecule has 1 aromatic carbocycles. The van der Waals surface area contributed by atoms with Crippen LogP contribution in [0.5, 0.6) is 0 Å². The summed E-state index contributed by atoms with van der Waals surface area (Å²) in [5.74, 6) is 0.653. The van der Waals surface area contributed by atoms with Gasteiger partial charge in [0.1, 0.15) is 0 Å². The number of rotatable bonds is 5. The van der Waals surface area contributed by atoms with Crippen LogP contribution in [0, 0.1) is 11.3 Å². The minimum atomic E-state index is -0.473. The van der Waals surface area contributed by atoms with Gasteiger partial charge in [-0.15, -0.1) is 0 Å². The molecule has 1 fully saturated rings. The fraction of sp³-hybridized carbons (Fsp3) is 0.625. The van der Waals surface area contributed by atoms with Gasteiger partial charge in [0.25, 0.3) is 0 Å². The van der Waals surface area contributed by atoms with Gasteiger partial charge in [0.05, 0.1) is 12.7 Å². The summed E-state index contributed by atoms with van der Waals surface area (Å²) in [5, 5.41) is 10.8. The number of benzene rings is 1. The zero-order valence-corrected chi connectivity index (χ0v) is 11.9. The standard InChI is InChI=1S/C16H25NO2/c1-12-6-7-16(9-12,11-17)15(18)14-5-3-4-13(8-14)10-19-2/h3-5,8,12,15,18H,6-7,9-11,17H2,1-2H3. The molecule has 0 radical (unpaired) electrons. The Morgan fingerprint density at radius 3 is 2.89 bits per heavy atom. The van der Waals surface area contributed by atoms with E-state index in [0.717, 1.165) is 30.4 Å². The van der Waals surface area contributed by atoms with Gasteiger partial charge in [-0.3, -0.25) is 0 Å². The Labute approximate surface area is 115 Å². The van der Waals surface area contributed by atoms with Crippen LogP contribution in [-0.4, -0.2) is 18.8 Å². The molecule has 3 atom stereocenters. The average molecular weight is 263 g/mol. The molecule has 1 aliphatic carbocycles. The van der Waals surface area contributed by atoms with Crippen molar-refractivity contribution in [3.63, 3.8) is 0 Å². The number of hydrogen-bond donors (Lipinski definition) is 2. The van der Waals surface area contributed by atoms with Gasteiger partial charge in [0.15, 0.2) is 0 Å². The number of aliphatic hydroxyl groups excluding tert-OH is 1. The van der Waals surface area contributed by atoms with Gasteiger partial charge in [-0.25, -0.2) is 0 Å². The quantitative estimate of drug-likeness (QED) is 0.858. The van der Waals surface area contributed by atoms with Gasteiger partial charge in [-0.1, -0.05) is 37.6 Å². The van der Waals surface area contributed by atoms with Crippen molar-refractivity contribution in [2.45, 2.75) is 38.9 Å². The van der Waals surface area contributed by atoms with Crippen molar-refractivity contribution in [2.24, 2.45) is 17.1 Å². The van der Waals surface area contributed by atoms with E-state index in [1.807, 2.05) is 24.3 Å². The Morgan fingerprint density at radius 1 is 1.53 bits per heavy atom. The summed E-state index contributed by atoms with van der Waals surface area (Å²) in [6.07, 6.45) is 2.71. The monoisotopic (exact) mass is 263 g/mol. The zero-order chi connectivity index (χ0) is 13.9. The van der Waals surface area contributed by atoms with Crippen LogP contribution < -0.4 is 5.73 Å². The highest BCUT2D eigenvalue weighted by atomic mass is 16.5. The molecule has 0 saturated heterocycles. The molecule has 0 bridgehead atoms. The van der Waals surface area contributed by atoms with Crippen molar-refractivity contribution >= 4 is 0 Å². The maximum atomic E-state index is 10.8. The minimum absolute atomic E-state index is 0.148. The van der Waals surface area contributed by atoms with E-state index in [9.17, 15) is 5.11 Å². The van der Waals surface area contributed by atoms with E-state index < -0.39 is 6.10 Å². The fourth-order valence-electron chi connectivity index (χ4n) is 3.35. The smallest absolute Gasteiger partial charge is 0.0858 e. The van der Waals surface area contributed by atoms with Crippen LogP contribution in [0.3, 0.4) is 0 Å². The Balaban J connectivity index is 2.22. The number of nitrogens with two attached hydrogens (primary N) is 1. The van der Waals surface area contributed by atoms with E-state index in [-0.39, 0.29) is 5.41 Å². The highest BCUT2D eigenvalue weighted by molar-refractivity contribution is 5.26. The lowest BCUT2D eigenvalue weighted by atomic mass is 9.76. The molecular formula is C16H25NO2. The topological polar surface area (TPSA) is 55.5 Å². The predicted octanol–water partition coefficient (Wildman–Crippen LogP) is 2.63. The van der Waals surface area contributed by atoms with Crippen molar-refractivity contribution in [1.29, 1.82) is 0 Å². The first-order valence-corrected chi connectivity index (χ1v) is 7.07. The van der Waals surface area contributed by atoms with E-state index in [0.29, 0.717) is 19.1 Å². The fourth-order valence-corrected chi connectivity index (χ4v) is 3.35. The predicted molar refractivity (Wildman–Crippen MR) is 76.6 cm³/mol. The Bertz CT molecular complexity index is 421. The summed E-state index contributed by atoms with van der Waals surface area (Å²) < 4.78 is 5.15. The third kappa shape index (κ3) is 2.99. The summed E-state index contributed by atoms with van der Waals surface area (Å²) in [7, 11) is 1.68. The Hall–Kier alpha value is -0.900. The first-order chi connectivity index (χ1) is 9.11. The second-order valence-electron chi connectivity index (χ2n) is 6.00. The molecule has 0 amide bonds. The van der Waals surface area contributed by atoms with Crippen molar-refractivity contribution in [3.05, 3.63) is 35.4 Å². The lowest BCUT2D eigenvalue weighted by Crippen LogP contribution is -2.34. The summed E-state index contributed by atoms with van der Waals surface area (Å²) in [6, 6.07) is 8.03. The normalized spacial score (nSPS) is 28.5. The number of hydrogen-bond acceptors (Lipinski definition) is 3. The second kappa shape index (κ2) is 6.04. The van der Waals surface area contributed by atoms with Crippen LogP contribution in [0.25, 0.3) is 0 Å². The number of aliphatic hydroxyl groups is 1. The van der Waals surface area contributed by atoms with Crippen molar-refractivity contribution in [3.8, 4) is 0 Å². The zero-order valence-electron chi connectivity index (χ0n) is 11.9. The first-order valence-electron chi connectivity index (χ1n) is 7.07. The highest BCUT2D eigenvalue weighted by Crippen LogP contribution is 2.49. The minimum Gasteiger partial charge on any atom is -0.388 e. The summed E-state index contributed by atoms with van der Waals surface area (Å²) in [5.41, 5.74) is 7.90. The molecular weight excluding hydrogens is 238 g/mol. The van der Waals surface area contributed by atoms with Crippen LogP contribution in [0.15, 0.2) is 24.3 Å². The van der Waals surface area contributed by atoms with Crippen molar-refractivity contribution in [2.75, 3.05) is 13.7 Å². The molecule has 3 N–H and O–H groups in total. The largest absolute Gasteiger partial charge is 0.388 e. The highest BCUT2D eigenvalue weighted by Gasteiger charge is 2.42. The van der Waals surface area contributed by atoms with Crippen LogP contribution in [0.1, 0.15) is 43.4 Å². The van der Waals surface area contributed by atoms with Crippen LogP contribution in [-0.2, 0) is 11.3 Å². The maximum absolute atomic E-state index is 10.8. The van der Waals surface area contributed by atoms with Gasteiger partial charge in [0.2, 0.25) is 0 Å². The lowest BCUT2D eigenvalue weighted by Gasteiger charge is -2.33. The molecule has 3 unspecified atom stereocenters. The average Bonchev–Trinajstić information content (AvgIpc) is 2.81. The van der Waals surface area contributed by atoms with E-state index in [2.05, 4.69) is 6.92 Å². The van der Waals surface area contributed by atoms with Gasteiger partial charge in [-0.05, 0) is 29.9 Å². The summed E-state index contributed by atoms with van der Waals surface area (Å²) in [4.78, 5) is 0. The van der Waals surface area contributed by atoms with Gasteiger partial charge in [-0.2, -0.15) is 0 Å². The van der Waals surface area contributed by atoms with Crippen molar-refractivity contribution < 1.29 is 9.84 Å². The summed E-state index contributed by atoms with van der Waals surface area (Å²) >= 11 is 0. The second-order valence-corrected chi connectivity index (χ2v) is 6.00. The number of ether oxygens (including phenoxy) is 1. The molecule has 19 heavy (non-hydrogen) atoms. The SMILES string of the molecule is COCc1cccc(C(O)C2(CN)CCC(C)C2)c1. The van der Waals surface area contributed by atoms with E-state index in [1.54, 1.807) is 7.11 Å². The molecule has 3 nitrogen and oxygen atoms in total. The molecule has 106 valence electrons. The molecule has 1 aliphatic rings. The van der Waals surface area contributed by atoms with E-state index >= 15 is 0 Å². The van der Waals surface area contributed by atoms with Gasteiger partial charge in [0, 0.05) is 19.1 Å². The Kier molecular flexibility index (Phi) is 4.61. The van der Waals surface area contributed by atoms with Gasteiger partial charge >= 0.3 is 0 Å². The molecule has 0 aliphatic heterocycles. The Morgan fingerprint density at radius 2 is 2.32 bits per heavy atom. The third-order valence-corrected chi connectivity index (χ3v) is 4.45. The van der Waals surface area contributed by atoms with Crippen LogP contribution in [0.4, 0.5) is 0 Å². The number of methoxy groups -OCH3 is 1. The molecule has 0 spiro atoms. The lowest BCUT2D eigenvalue weighted by molar-refractivity contribution is 0.0306. The van der Waals surface area contributed by atoms with Gasteiger partial charge < -0.3 is 15.6 Å². The molecule has 1 aromatic rings. The van der Waals surface area contributed by atoms with Crippen LogP contribution in [0.2, 0.25) is 0 Å².